The number of nitrogens with zero attached hydrogens (tertiary/aromatic N) is 1. The summed E-state index contributed by atoms with van der Waals surface area (Å²) in [7, 11) is 0. The summed E-state index contributed by atoms with van der Waals surface area (Å²) < 4.78 is 11.0. The Balaban J connectivity index is 1.69. The molecule has 156 valence electrons. The van der Waals surface area contributed by atoms with Crippen LogP contribution in [-0.2, 0) is 9.63 Å². The van der Waals surface area contributed by atoms with Gasteiger partial charge in [-0.1, -0.05) is 52.8 Å². The van der Waals surface area contributed by atoms with Gasteiger partial charge in [0, 0.05) is 5.41 Å². The second-order valence-corrected chi connectivity index (χ2v) is 10.5. The molecule has 4 rings (SSSR count). The van der Waals surface area contributed by atoms with Crippen molar-refractivity contribution in [2.24, 2.45) is 27.3 Å². The van der Waals surface area contributed by atoms with Crippen LogP contribution in [0.15, 0.2) is 28.9 Å². The first-order valence-electron chi connectivity index (χ1n) is 10.4. The Kier molecular flexibility index (Phi) is 4.56. The van der Waals surface area contributed by atoms with E-state index in [-0.39, 0.29) is 29.0 Å². The topological polar surface area (TPSA) is 57.1 Å². The predicted octanol–water partition coefficient (Wildman–Crippen LogP) is 5.59. The summed E-state index contributed by atoms with van der Waals surface area (Å²) in [4.78, 5) is 17.7. The fraction of sp³-hybridized carbons (Fsp3) is 0.583. The van der Waals surface area contributed by atoms with Gasteiger partial charge in [-0.2, -0.15) is 0 Å². The standard InChI is InChI=1S/C24H31NO4/c1-22(2,3)13-20(26)29-25-21-16(17-9-10-24(21,6)23(17,4)5)11-15-7-8-18-19(12-15)28-14-27-18/h7-8,11-12,17H,9-10,13-14H2,1-6H3/b16-11+,25-21+/t17-,24-/m0/s1. The van der Waals surface area contributed by atoms with Crippen LogP contribution in [0.3, 0.4) is 0 Å². The van der Waals surface area contributed by atoms with Gasteiger partial charge in [-0.05, 0) is 58.9 Å². The van der Waals surface area contributed by atoms with E-state index in [0.717, 1.165) is 35.6 Å². The largest absolute Gasteiger partial charge is 0.454 e. The van der Waals surface area contributed by atoms with Crippen LogP contribution in [0.5, 0.6) is 11.5 Å². The van der Waals surface area contributed by atoms with E-state index in [4.69, 9.17) is 14.3 Å². The first-order valence-corrected chi connectivity index (χ1v) is 10.4. The molecule has 3 aliphatic rings. The maximum Gasteiger partial charge on any atom is 0.335 e. The molecular weight excluding hydrogens is 366 g/mol. The molecule has 1 aromatic rings. The van der Waals surface area contributed by atoms with Gasteiger partial charge >= 0.3 is 5.97 Å². The van der Waals surface area contributed by atoms with Gasteiger partial charge in [0.1, 0.15) is 0 Å². The van der Waals surface area contributed by atoms with Crippen molar-refractivity contribution in [3.63, 3.8) is 0 Å². The van der Waals surface area contributed by atoms with E-state index in [1.54, 1.807) is 0 Å². The monoisotopic (exact) mass is 397 g/mol. The third-order valence-electron chi connectivity index (χ3n) is 7.03. The van der Waals surface area contributed by atoms with Crippen molar-refractivity contribution in [3.05, 3.63) is 29.3 Å². The van der Waals surface area contributed by atoms with Gasteiger partial charge in [-0.25, -0.2) is 4.79 Å². The average Bonchev–Trinajstić information content (AvgIpc) is 3.19. The highest BCUT2D eigenvalue weighted by molar-refractivity contribution is 6.11. The van der Waals surface area contributed by atoms with Crippen LogP contribution in [0, 0.1) is 22.2 Å². The van der Waals surface area contributed by atoms with Crippen LogP contribution in [-0.4, -0.2) is 18.5 Å². The van der Waals surface area contributed by atoms with Crippen molar-refractivity contribution in [1.29, 1.82) is 0 Å². The summed E-state index contributed by atoms with van der Waals surface area (Å²) in [6.07, 6.45) is 4.69. The van der Waals surface area contributed by atoms with Crippen molar-refractivity contribution in [3.8, 4) is 11.5 Å². The van der Waals surface area contributed by atoms with Gasteiger partial charge in [0.05, 0.1) is 12.1 Å². The zero-order chi connectivity index (χ0) is 21.0. The summed E-state index contributed by atoms with van der Waals surface area (Å²) in [6.45, 7) is 13.2. The molecule has 0 amide bonds. The van der Waals surface area contributed by atoms with E-state index in [1.165, 1.54) is 5.57 Å². The Bertz CT molecular complexity index is 906. The molecule has 0 aromatic heterocycles. The molecule has 2 fully saturated rings. The first kappa shape index (κ1) is 20.0. The number of benzene rings is 1. The molecule has 0 saturated heterocycles. The highest BCUT2D eigenvalue weighted by Crippen LogP contribution is 2.66. The molecule has 1 heterocycles. The molecule has 5 heteroatoms. The third-order valence-corrected chi connectivity index (χ3v) is 7.03. The maximum atomic E-state index is 12.3. The van der Waals surface area contributed by atoms with Gasteiger partial charge in [0.2, 0.25) is 6.79 Å². The molecule has 0 unspecified atom stereocenters. The van der Waals surface area contributed by atoms with E-state index in [9.17, 15) is 4.79 Å². The fourth-order valence-electron chi connectivity index (χ4n) is 5.02. The van der Waals surface area contributed by atoms with Crippen LogP contribution in [0.4, 0.5) is 0 Å². The summed E-state index contributed by atoms with van der Waals surface area (Å²) in [6, 6.07) is 5.97. The normalized spacial score (nSPS) is 29.7. The molecule has 2 atom stereocenters. The molecule has 1 aliphatic heterocycles. The predicted molar refractivity (Wildman–Crippen MR) is 113 cm³/mol. The van der Waals surface area contributed by atoms with Crippen LogP contribution < -0.4 is 9.47 Å². The minimum Gasteiger partial charge on any atom is -0.454 e. The quantitative estimate of drug-likeness (QED) is 0.493. The Hall–Kier alpha value is -2.30. The number of ether oxygens (including phenoxy) is 2. The van der Waals surface area contributed by atoms with Gasteiger partial charge in [-0.3, -0.25) is 0 Å². The van der Waals surface area contributed by atoms with Gasteiger partial charge in [0.25, 0.3) is 0 Å². The van der Waals surface area contributed by atoms with Gasteiger partial charge < -0.3 is 14.3 Å². The molecule has 2 aliphatic carbocycles. The van der Waals surface area contributed by atoms with E-state index in [0.29, 0.717) is 12.3 Å². The fourth-order valence-corrected chi connectivity index (χ4v) is 5.02. The summed E-state index contributed by atoms with van der Waals surface area (Å²) >= 11 is 0. The second-order valence-electron chi connectivity index (χ2n) is 10.5. The number of hydrogen-bond acceptors (Lipinski definition) is 5. The first-order chi connectivity index (χ1) is 13.5. The van der Waals surface area contributed by atoms with Crippen molar-refractivity contribution in [2.75, 3.05) is 6.79 Å². The van der Waals surface area contributed by atoms with Crippen LogP contribution in [0.2, 0.25) is 0 Å². The molecule has 1 aromatic carbocycles. The lowest BCUT2D eigenvalue weighted by Crippen LogP contribution is -2.33. The lowest BCUT2D eigenvalue weighted by atomic mass is 9.70. The zero-order valence-electron chi connectivity index (χ0n) is 18.3. The Morgan fingerprint density at radius 2 is 1.97 bits per heavy atom. The molecule has 0 spiro atoms. The minimum absolute atomic E-state index is 0.0600. The van der Waals surface area contributed by atoms with Crippen molar-refractivity contribution in [2.45, 2.75) is 60.8 Å². The van der Waals surface area contributed by atoms with E-state index < -0.39 is 0 Å². The van der Waals surface area contributed by atoms with Crippen LogP contribution in [0.25, 0.3) is 6.08 Å². The van der Waals surface area contributed by atoms with Crippen LogP contribution in [0.1, 0.15) is 66.4 Å². The van der Waals surface area contributed by atoms with E-state index in [1.807, 2.05) is 39.0 Å². The highest BCUT2D eigenvalue weighted by Gasteiger charge is 2.63. The Morgan fingerprint density at radius 3 is 2.69 bits per heavy atom. The van der Waals surface area contributed by atoms with E-state index >= 15 is 0 Å². The number of fused-ring (bicyclic) bond motifs is 3. The molecule has 0 N–H and O–H groups in total. The molecule has 29 heavy (non-hydrogen) atoms. The number of hydrogen-bond donors (Lipinski definition) is 0. The average molecular weight is 398 g/mol. The molecule has 5 nitrogen and oxygen atoms in total. The lowest BCUT2D eigenvalue weighted by Gasteiger charge is -2.33. The Labute approximate surface area is 173 Å². The number of carbonyl (C=O) groups excluding carboxylic acids is 1. The number of oxime groups is 1. The SMILES string of the molecule is CC(C)(C)CC(=O)O/N=C1\C(=C\c2ccc3c(c2)OCO3)[C@@H]2CC[C@]1(C)C2(C)C. The molecule has 2 saturated carbocycles. The molecule has 2 bridgehead atoms. The molecular formula is C24H31NO4. The highest BCUT2D eigenvalue weighted by atomic mass is 16.7. The van der Waals surface area contributed by atoms with Crippen molar-refractivity contribution >= 4 is 17.8 Å². The maximum absolute atomic E-state index is 12.3. The third kappa shape index (κ3) is 3.34. The Morgan fingerprint density at radius 1 is 1.24 bits per heavy atom. The number of allylic oxidation sites excluding steroid dienone is 1. The second kappa shape index (κ2) is 6.61. The van der Waals surface area contributed by atoms with Crippen LogP contribution >= 0.6 is 0 Å². The molecule has 0 radical (unpaired) electrons. The lowest BCUT2D eigenvalue weighted by molar-refractivity contribution is -0.145. The number of carbonyl (C=O) groups is 1. The zero-order valence-corrected chi connectivity index (χ0v) is 18.3. The van der Waals surface area contributed by atoms with E-state index in [2.05, 4.69) is 32.0 Å². The van der Waals surface area contributed by atoms with Gasteiger partial charge in [0.15, 0.2) is 11.5 Å². The minimum atomic E-state index is -0.281. The summed E-state index contributed by atoms with van der Waals surface area (Å²) in [5, 5.41) is 4.45. The summed E-state index contributed by atoms with van der Waals surface area (Å²) in [5.74, 6) is 1.65. The van der Waals surface area contributed by atoms with Crippen molar-refractivity contribution < 1.29 is 19.1 Å². The number of rotatable bonds is 3. The van der Waals surface area contributed by atoms with Gasteiger partial charge in [-0.15, -0.1) is 0 Å². The van der Waals surface area contributed by atoms with Crippen molar-refractivity contribution in [1.82, 2.24) is 0 Å². The smallest absolute Gasteiger partial charge is 0.335 e. The summed E-state index contributed by atoms with van der Waals surface area (Å²) in [5.41, 5.74) is 2.96.